The standard InChI is InChI=1S/C29H28N4O2S/c34-27-26-22-7-3-4-8-24(22)36-28(26)31-25(30-27)17-32-11-13-33(14-12-32)29(35)20-10-9-19-15-18-5-1-2-6-21(18)23(19)16-20/h1-2,5-6,9-10,16H,3-4,7-8,11-15,17H2,(H,30,31,34). The Hall–Kier alpha value is -3.29. The van der Waals surface area contributed by atoms with Gasteiger partial charge in [0.05, 0.1) is 11.9 Å². The number of rotatable bonds is 3. The number of amides is 1. The van der Waals surface area contributed by atoms with E-state index in [-0.39, 0.29) is 11.5 Å². The van der Waals surface area contributed by atoms with Crippen molar-refractivity contribution in [1.29, 1.82) is 0 Å². The topological polar surface area (TPSA) is 69.3 Å². The number of aromatic nitrogens is 2. The maximum atomic E-state index is 13.3. The number of nitrogens with one attached hydrogen (secondary N) is 1. The first-order valence-corrected chi connectivity index (χ1v) is 13.7. The van der Waals surface area contributed by atoms with Crippen LogP contribution in [-0.2, 0) is 25.8 Å². The summed E-state index contributed by atoms with van der Waals surface area (Å²) >= 11 is 1.69. The average molecular weight is 497 g/mol. The second-order valence-corrected chi connectivity index (χ2v) is 11.3. The molecule has 7 rings (SSSR count). The molecule has 3 heterocycles. The monoisotopic (exact) mass is 496 g/mol. The Labute approximate surface area is 213 Å². The van der Waals surface area contributed by atoms with E-state index in [0.29, 0.717) is 19.6 Å². The molecule has 2 aromatic heterocycles. The quantitative estimate of drug-likeness (QED) is 0.402. The molecular formula is C29H28N4O2S. The van der Waals surface area contributed by atoms with Gasteiger partial charge in [0, 0.05) is 36.6 Å². The van der Waals surface area contributed by atoms with E-state index < -0.39 is 0 Å². The fourth-order valence-corrected chi connectivity index (χ4v) is 7.32. The van der Waals surface area contributed by atoms with Gasteiger partial charge in [-0.3, -0.25) is 14.5 Å². The number of hydrogen-bond acceptors (Lipinski definition) is 5. The molecule has 1 N–H and O–H groups in total. The van der Waals surface area contributed by atoms with Crippen LogP contribution in [0.4, 0.5) is 0 Å². The lowest BCUT2D eigenvalue weighted by Crippen LogP contribution is -2.48. The van der Waals surface area contributed by atoms with Crippen molar-refractivity contribution in [1.82, 2.24) is 19.8 Å². The summed E-state index contributed by atoms with van der Waals surface area (Å²) in [5, 5.41) is 0.811. The van der Waals surface area contributed by atoms with E-state index in [1.54, 1.807) is 11.3 Å². The predicted octanol–water partition coefficient (Wildman–Crippen LogP) is 4.39. The number of nitrogens with zero attached hydrogens (tertiary/aromatic N) is 3. The third kappa shape index (κ3) is 3.69. The lowest BCUT2D eigenvalue weighted by atomic mass is 9.97. The maximum absolute atomic E-state index is 13.3. The average Bonchev–Trinajstić information content (AvgIpc) is 3.46. The summed E-state index contributed by atoms with van der Waals surface area (Å²) in [5.41, 5.74) is 7.05. The molecule has 0 bridgehead atoms. The molecule has 4 aromatic rings. The maximum Gasteiger partial charge on any atom is 0.259 e. The number of H-pyrrole nitrogens is 1. The number of carbonyl (C=O) groups is 1. The molecule has 7 heteroatoms. The van der Waals surface area contributed by atoms with Crippen molar-refractivity contribution >= 4 is 27.5 Å². The summed E-state index contributed by atoms with van der Waals surface area (Å²) in [6.45, 7) is 3.48. The van der Waals surface area contributed by atoms with Gasteiger partial charge < -0.3 is 9.88 Å². The molecule has 2 aliphatic carbocycles. The summed E-state index contributed by atoms with van der Waals surface area (Å²) in [6.07, 6.45) is 5.35. The SMILES string of the molecule is O=C(c1ccc2c(c1)-c1ccccc1C2)N1CCN(Cc2nc3sc4c(c3c(=O)[nH]2)CCCC4)CC1. The van der Waals surface area contributed by atoms with Crippen LogP contribution >= 0.6 is 11.3 Å². The first kappa shape index (κ1) is 21.9. The van der Waals surface area contributed by atoms with Gasteiger partial charge in [-0.25, -0.2) is 4.98 Å². The minimum absolute atomic E-state index is 0.00129. The van der Waals surface area contributed by atoms with Crippen LogP contribution in [0, 0.1) is 0 Å². The van der Waals surface area contributed by atoms with E-state index in [4.69, 9.17) is 4.98 Å². The number of carbonyl (C=O) groups excluding carboxylic acids is 1. The van der Waals surface area contributed by atoms with Crippen LogP contribution in [0.25, 0.3) is 21.3 Å². The Kier molecular flexibility index (Phi) is 5.29. The molecule has 1 aliphatic heterocycles. The normalized spacial score (nSPS) is 17.2. The summed E-state index contributed by atoms with van der Waals surface area (Å²) in [7, 11) is 0. The minimum atomic E-state index is 0.00129. The number of piperazine rings is 1. The summed E-state index contributed by atoms with van der Waals surface area (Å²) < 4.78 is 0. The number of thiophene rings is 1. The van der Waals surface area contributed by atoms with Gasteiger partial charge in [0.15, 0.2) is 0 Å². The van der Waals surface area contributed by atoms with Gasteiger partial charge in [-0.15, -0.1) is 11.3 Å². The molecule has 2 aromatic carbocycles. The van der Waals surface area contributed by atoms with Crippen molar-refractivity contribution in [2.24, 2.45) is 0 Å². The molecule has 0 radical (unpaired) electrons. The molecule has 6 nitrogen and oxygen atoms in total. The first-order valence-electron chi connectivity index (χ1n) is 12.9. The Morgan fingerprint density at radius 2 is 1.78 bits per heavy atom. The van der Waals surface area contributed by atoms with Crippen molar-refractivity contribution in [3.63, 3.8) is 0 Å². The van der Waals surface area contributed by atoms with Gasteiger partial charge in [0.2, 0.25) is 0 Å². The molecule has 1 amide bonds. The summed E-state index contributed by atoms with van der Waals surface area (Å²) in [6, 6.07) is 14.6. The van der Waals surface area contributed by atoms with Crippen LogP contribution in [0.15, 0.2) is 47.3 Å². The highest BCUT2D eigenvalue weighted by Crippen LogP contribution is 2.37. The molecule has 36 heavy (non-hydrogen) atoms. The van der Waals surface area contributed by atoms with Crippen LogP contribution in [0.3, 0.4) is 0 Å². The van der Waals surface area contributed by atoms with Gasteiger partial charge in [-0.1, -0.05) is 30.3 Å². The zero-order valence-electron chi connectivity index (χ0n) is 20.2. The van der Waals surface area contributed by atoms with Gasteiger partial charge in [0.25, 0.3) is 11.5 Å². The van der Waals surface area contributed by atoms with E-state index in [1.165, 1.54) is 39.1 Å². The van der Waals surface area contributed by atoms with Crippen LogP contribution in [-0.4, -0.2) is 51.9 Å². The fourth-order valence-electron chi connectivity index (χ4n) is 6.04. The van der Waals surface area contributed by atoms with Gasteiger partial charge in [-0.05, 0) is 72.1 Å². The van der Waals surface area contributed by atoms with Crippen molar-refractivity contribution in [3.8, 4) is 11.1 Å². The second kappa shape index (κ2) is 8.68. The zero-order chi connectivity index (χ0) is 24.2. The molecule has 1 saturated heterocycles. The van der Waals surface area contributed by atoms with E-state index in [1.807, 2.05) is 11.0 Å². The van der Waals surface area contributed by atoms with Crippen molar-refractivity contribution in [3.05, 3.63) is 85.8 Å². The lowest BCUT2D eigenvalue weighted by Gasteiger charge is -2.34. The predicted molar refractivity (Wildman–Crippen MR) is 143 cm³/mol. The highest BCUT2D eigenvalue weighted by atomic mass is 32.1. The number of hydrogen-bond donors (Lipinski definition) is 1. The van der Waals surface area contributed by atoms with Gasteiger partial charge >= 0.3 is 0 Å². The van der Waals surface area contributed by atoms with Crippen LogP contribution in [0.1, 0.15) is 50.6 Å². The van der Waals surface area contributed by atoms with Crippen LogP contribution in [0.2, 0.25) is 0 Å². The summed E-state index contributed by atoms with van der Waals surface area (Å²) in [5.74, 6) is 0.821. The summed E-state index contributed by atoms with van der Waals surface area (Å²) in [4.78, 5) is 40.5. The smallest absolute Gasteiger partial charge is 0.259 e. The molecule has 182 valence electrons. The van der Waals surface area contributed by atoms with E-state index in [2.05, 4.69) is 46.3 Å². The Morgan fingerprint density at radius 1 is 0.972 bits per heavy atom. The van der Waals surface area contributed by atoms with Crippen molar-refractivity contribution in [2.75, 3.05) is 26.2 Å². The van der Waals surface area contributed by atoms with Crippen molar-refractivity contribution in [2.45, 2.75) is 38.6 Å². The highest BCUT2D eigenvalue weighted by molar-refractivity contribution is 7.18. The van der Waals surface area contributed by atoms with E-state index in [0.717, 1.165) is 60.4 Å². The Bertz CT molecular complexity index is 1560. The molecule has 0 unspecified atom stereocenters. The van der Waals surface area contributed by atoms with Gasteiger partial charge in [0.1, 0.15) is 10.7 Å². The first-order chi connectivity index (χ1) is 17.6. The number of aryl methyl sites for hydroxylation is 2. The number of aromatic amines is 1. The van der Waals surface area contributed by atoms with Crippen LogP contribution < -0.4 is 5.56 Å². The van der Waals surface area contributed by atoms with E-state index >= 15 is 0 Å². The molecule has 0 atom stereocenters. The minimum Gasteiger partial charge on any atom is -0.336 e. The van der Waals surface area contributed by atoms with E-state index in [9.17, 15) is 9.59 Å². The molecular weight excluding hydrogens is 468 g/mol. The second-order valence-electron chi connectivity index (χ2n) is 10.2. The Balaban J connectivity index is 1.04. The lowest BCUT2D eigenvalue weighted by molar-refractivity contribution is 0.0625. The highest BCUT2D eigenvalue weighted by Gasteiger charge is 2.26. The molecule has 1 fully saturated rings. The molecule has 0 saturated carbocycles. The Morgan fingerprint density at radius 3 is 2.67 bits per heavy atom. The number of benzene rings is 2. The largest absolute Gasteiger partial charge is 0.336 e. The van der Waals surface area contributed by atoms with Crippen LogP contribution in [0.5, 0.6) is 0 Å². The fraction of sp³-hybridized carbons (Fsp3) is 0.345. The zero-order valence-corrected chi connectivity index (χ0v) is 21.0. The van der Waals surface area contributed by atoms with Crippen molar-refractivity contribution < 1.29 is 4.79 Å². The molecule has 3 aliphatic rings. The molecule has 0 spiro atoms. The number of fused-ring (bicyclic) bond motifs is 6. The third-order valence-corrected chi connectivity index (χ3v) is 9.14. The third-order valence-electron chi connectivity index (χ3n) is 7.95. The van der Waals surface area contributed by atoms with Gasteiger partial charge in [-0.2, -0.15) is 0 Å².